The Bertz CT molecular complexity index is 820. The number of methoxy groups -OCH3 is 1. The van der Waals surface area contributed by atoms with Gasteiger partial charge in [-0.2, -0.15) is 10.2 Å². The number of hydrogen-bond acceptors (Lipinski definition) is 8. The maximum Gasteiger partial charge on any atom is 0.331 e. The average Bonchev–Trinajstić information content (AvgIpc) is 3.12. The van der Waals surface area contributed by atoms with Crippen LogP contribution in [0.25, 0.3) is 6.08 Å². The Hall–Kier alpha value is -3.34. The van der Waals surface area contributed by atoms with Crippen LogP contribution in [0.5, 0.6) is 11.5 Å². The van der Waals surface area contributed by atoms with E-state index in [-0.39, 0.29) is 25.0 Å². The molecule has 0 saturated carbocycles. The second kappa shape index (κ2) is 9.22. The first-order chi connectivity index (χ1) is 12.5. The van der Waals surface area contributed by atoms with Gasteiger partial charge in [-0.25, -0.2) is 4.79 Å². The predicted molar refractivity (Wildman–Crippen MR) is 91.3 cm³/mol. The van der Waals surface area contributed by atoms with Crippen molar-refractivity contribution in [3.8, 4) is 17.6 Å². The second-order valence-corrected chi connectivity index (χ2v) is 5.50. The molecule has 0 unspecified atom stereocenters. The zero-order valence-corrected chi connectivity index (χ0v) is 14.8. The lowest BCUT2D eigenvalue weighted by atomic mass is 10.2. The summed E-state index contributed by atoms with van der Waals surface area (Å²) in [5, 5.41) is 12.4. The van der Waals surface area contributed by atoms with Crippen LogP contribution in [0.15, 0.2) is 28.8 Å². The van der Waals surface area contributed by atoms with E-state index in [4.69, 9.17) is 24.0 Å². The quantitative estimate of drug-likeness (QED) is 0.524. The van der Waals surface area contributed by atoms with Crippen LogP contribution in [-0.2, 0) is 16.1 Å². The van der Waals surface area contributed by atoms with Crippen LogP contribution in [-0.4, -0.2) is 29.8 Å². The highest BCUT2D eigenvalue weighted by Gasteiger charge is 2.11. The summed E-state index contributed by atoms with van der Waals surface area (Å²) in [6.45, 7) is 3.71. The molecule has 0 aliphatic rings. The second-order valence-electron chi connectivity index (χ2n) is 5.50. The molecule has 8 heteroatoms. The lowest BCUT2D eigenvalue weighted by molar-refractivity contribution is -0.139. The molecule has 0 aliphatic carbocycles. The van der Waals surface area contributed by atoms with E-state index in [1.54, 1.807) is 24.3 Å². The molecule has 0 saturated heterocycles. The Balaban J connectivity index is 1.93. The van der Waals surface area contributed by atoms with Gasteiger partial charge in [0, 0.05) is 12.0 Å². The van der Waals surface area contributed by atoms with E-state index in [0.29, 0.717) is 22.9 Å². The highest BCUT2D eigenvalue weighted by atomic mass is 16.6. The summed E-state index contributed by atoms with van der Waals surface area (Å²) in [5.41, 5.74) is 0.711. The van der Waals surface area contributed by atoms with Gasteiger partial charge in [-0.1, -0.05) is 25.1 Å². The van der Waals surface area contributed by atoms with Gasteiger partial charge in [-0.15, -0.1) is 0 Å². The number of hydrogen-bond donors (Lipinski definition) is 0. The van der Waals surface area contributed by atoms with Gasteiger partial charge in [0.25, 0.3) is 5.89 Å². The van der Waals surface area contributed by atoms with Crippen LogP contribution in [0.3, 0.4) is 0 Å². The number of nitriles is 1. The van der Waals surface area contributed by atoms with Crippen molar-refractivity contribution in [2.45, 2.75) is 26.4 Å². The lowest BCUT2D eigenvalue weighted by Gasteiger charge is -2.08. The van der Waals surface area contributed by atoms with Gasteiger partial charge in [0.2, 0.25) is 0 Å². The molecule has 0 radical (unpaired) electrons. The molecule has 1 heterocycles. The Labute approximate surface area is 151 Å². The molecule has 8 nitrogen and oxygen atoms in total. The molecule has 136 valence electrons. The van der Waals surface area contributed by atoms with Crippen LogP contribution in [0.2, 0.25) is 0 Å². The number of aromatic nitrogens is 2. The van der Waals surface area contributed by atoms with Crippen molar-refractivity contribution in [1.29, 1.82) is 5.26 Å². The van der Waals surface area contributed by atoms with Crippen LogP contribution in [0.4, 0.5) is 0 Å². The molecule has 0 atom stereocenters. The number of carbonyl (C=O) groups is 1. The van der Waals surface area contributed by atoms with Gasteiger partial charge < -0.3 is 18.7 Å². The largest absolute Gasteiger partial charge is 0.493 e. The number of nitrogens with zero attached hydrogens (tertiary/aromatic N) is 3. The van der Waals surface area contributed by atoms with E-state index in [1.165, 1.54) is 13.2 Å². The molecule has 0 N–H and O–H groups in total. The highest BCUT2D eigenvalue weighted by molar-refractivity contribution is 5.87. The fourth-order valence-electron chi connectivity index (χ4n) is 1.92. The average molecular weight is 357 g/mol. The number of benzene rings is 1. The van der Waals surface area contributed by atoms with Crippen molar-refractivity contribution in [1.82, 2.24) is 10.1 Å². The van der Waals surface area contributed by atoms with Crippen molar-refractivity contribution in [3.05, 3.63) is 41.6 Å². The minimum Gasteiger partial charge on any atom is -0.493 e. The Kier molecular flexibility index (Phi) is 6.74. The predicted octanol–water partition coefficient (Wildman–Crippen LogP) is 2.86. The Morgan fingerprint density at radius 3 is 2.85 bits per heavy atom. The maximum absolute atomic E-state index is 11.8. The normalized spacial score (nSPS) is 10.7. The summed E-state index contributed by atoms with van der Waals surface area (Å²) in [4.78, 5) is 15.9. The number of esters is 1. The van der Waals surface area contributed by atoms with E-state index < -0.39 is 5.97 Å². The smallest absolute Gasteiger partial charge is 0.331 e. The van der Waals surface area contributed by atoms with Crippen LogP contribution >= 0.6 is 0 Å². The van der Waals surface area contributed by atoms with Crippen molar-refractivity contribution in [2.24, 2.45) is 0 Å². The Morgan fingerprint density at radius 2 is 2.19 bits per heavy atom. The van der Waals surface area contributed by atoms with E-state index in [1.807, 2.05) is 19.9 Å². The molecule has 0 spiro atoms. The fourth-order valence-corrected chi connectivity index (χ4v) is 1.92. The van der Waals surface area contributed by atoms with E-state index in [9.17, 15) is 4.79 Å². The van der Waals surface area contributed by atoms with Gasteiger partial charge >= 0.3 is 5.97 Å². The van der Waals surface area contributed by atoms with Crippen molar-refractivity contribution >= 4 is 12.0 Å². The molecular weight excluding hydrogens is 338 g/mol. The molecule has 0 fully saturated rings. The van der Waals surface area contributed by atoms with Gasteiger partial charge in [0.05, 0.1) is 7.11 Å². The molecule has 1 aromatic heterocycles. The van der Waals surface area contributed by atoms with Gasteiger partial charge in [0.1, 0.15) is 6.07 Å². The topological polar surface area (TPSA) is 107 Å². The first-order valence-electron chi connectivity index (χ1n) is 7.88. The van der Waals surface area contributed by atoms with Gasteiger partial charge in [0.15, 0.2) is 30.5 Å². The lowest BCUT2D eigenvalue weighted by Crippen LogP contribution is -2.01. The third-order valence-electron chi connectivity index (χ3n) is 3.23. The highest BCUT2D eigenvalue weighted by Crippen LogP contribution is 2.28. The third kappa shape index (κ3) is 5.34. The number of carbonyl (C=O) groups excluding carboxylic acids is 1. The zero-order chi connectivity index (χ0) is 18.9. The van der Waals surface area contributed by atoms with Crippen LogP contribution in [0, 0.1) is 11.3 Å². The monoisotopic (exact) mass is 357 g/mol. The molecule has 26 heavy (non-hydrogen) atoms. The molecular formula is C18H19N3O5. The molecule has 0 amide bonds. The van der Waals surface area contributed by atoms with E-state index >= 15 is 0 Å². The fraction of sp³-hybridized carbons (Fsp3) is 0.333. The van der Waals surface area contributed by atoms with Crippen molar-refractivity contribution in [2.75, 3.05) is 13.7 Å². The SMILES string of the molecule is COc1cc(/C=C/C(=O)OCc2nc(C(C)C)no2)ccc1OCC#N. The summed E-state index contributed by atoms with van der Waals surface area (Å²) in [6.07, 6.45) is 2.86. The van der Waals surface area contributed by atoms with Crippen molar-refractivity contribution < 1.29 is 23.5 Å². The molecule has 1 aromatic carbocycles. The summed E-state index contributed by atoms with van der Waals surface area (Å²) in [7, 11) is 1.49. The molecule has 2 aromatic rings. The van der Waals surface area contributed by atoms with E-state index in [0.717, 1.165) is 0 Å². The number of ether oxygens (including phenoxy) is 3. The van der Waals surface area contributed by atoms with Gasteiger partial charge in [-0.3, -0.25) is 0 Å². The number of rotatable bonds is 8. The Morgan fingerprint density at radius 1 is 1.38 bits per heavy atom. The summed E-state index contributed by atoms with van der Waals surface area (Å²) >= 11 is 0. The first-order valence-corrected chi connectivity index (χ1v) is 7.88. The zero-order valence-electron chi connectivity index (χ0n) is 14.8. The van der Waals surface area contributed by atoms with Crippen molar-refractivity contribution in [3.63, 3.8) is 0 Å². The summed E-state index contributed by atoms with van der Waals surface area (Å²) in [6, 6.07) is 6.96. The van der Waals surface area contributed by atoms with Crippen LogP contribution < -0.4 is 9.47 Å². The summed E-state index contributed by atoms with van der Waals surface area (Å²) < 4.78 is 20.5. The molecule has 0 bridgehead atoms. The third-order valence-corrected chi connectivity index (χ3v) is 3.23. The minimum absolute atomic E-state index is 0.0773. The molecule has 2 rings (SSSR count). The standard InChI is InChI=1S/C18H19N3O5/c1-12(2)18-20-16(26-21-18)11-25-17(22)7-5-13-4-6-14(24-9-8-19)15(10-13)23-3/h4-7,10,12H,9,11H2,1-3H3/b7-5+. The van der Waals surface area contributed by atoms with Gasteiger partial charge in [-0.05, 0) is 23.8 Å². The molecule has 0 aliphatic heterocycles. The van der Waals surface area contributed by atoms with E-state index in [2.05, 4.69) is 10.1 Å². The van der Waals surface area contributed by atoms with Crippen LogP contribution in [0.1, 0.15) is 37.0 Å². The first kappa shape index (κ1) is 19.0. The summed E-state index contributed by atoms with van der Waals surface area (Å²) in [5.74, 6) is 1.32. The minimum atomic E-state index is -0.543. The maximum atomic E-state index is 11.8.